The minimum absolute atomic E-state index is 0.429. The first kappa shape index (κ1) is 14.9. The molecule has 0 spiro atoms. The van der Waals surface area contributed by atoms with Crippen LogP contribution in [-0.2, 0) is 4.74 Å². The summed E-state index contributed by atoms with van der Waals surface area (Å²) in [5.41, 5.74) is 2.87. The van der Waals surface area contributed by atoms with Crippen LogP contribution in [-0.4, -0.2) is 19.3 Å². The zero-order valence-corrected chi connectivity index (χ0v) is 10.4. The molecule has 3 N–H and O–H groups in total. The molecule has 3 nitrogen and oxygen atoms in total. The van der Waals surface area contributed by atoms with Crippen LogP contribution in [0.1, 0.15) is 58.8 Å². The normalized spacial score (nSPS) is 13.0. The molecule has 0 saturated heterocycles. The molecule has 0 amide bonds. The minimum Gasteiger partial charge on any atom is -0.382 e. The van der Waals surface area contributed by atoms with E-state index in [1.807, 2.05) is 6.92 Å². The molecule has 0 aliphatic heterocycles. The molecule has 0 fully saturated rings. The first-order chi connectivity index (χ1) is 7.35. The van der Waals surface area contributed by atoms with Gasteiger partial charge in [-0.1, -0.05) is 39.0 Å². The molecule has 0 aliphatic rings. The van der Waals surface area contributed by atoms with Crippen LogP contribution in [0.5, 0.6) is 0 Å². The molecule has 0 aliphatic carbocycles. The summed E-state index contributed by atoms with van der Waals surface area (Å²) in [5, 5.41) is 0. The van der Waals surface area contributed by atoms with E-state index in [0.717, 1.165) is 19.6 Å². The van der Waals surface area contributed by atoms with Gasteiger partial charge in [0.1, 0.15) is 0 Å². The Morgan fingerprint density at radius 2 is 1.80 bits per heavy atom. The molecular weight excluding hydrogens is 188 g/mol. The van der Waals surface area contributed by atoms with Crippen LogP contribution in [0.2, 0.25) is 0 Å². The predicted molar refractivity (Wildman–Crippen MR) is 65.6 cm³/mol. The van der Waals surface area contributed by atoms with Crippen LogP contribution in [0.15, 0.2) is 0 Å². The van der Waals surface area contributed by atoms with Crippen molar-refractivity contribution in [2.75, 3.05) is 13.2 Å². The molecule has 1 unspecified atom stereocenters. The standard InChI is InChI=1S/C12H28N2O/c1-3-5-6-7-8-9-12(14-13)10-11-15-4-2/h12,14H,3-11,13H2,1-2H3. The second-order valence-corrected chi connectivity index (χ2v) is 4.05. The lowest BCUT2D eigenvalue weighted by molar-refractivity contribution is 0.135. The van der Waals surface area contributed by atoms with E-state index in [0.29, 0.717) is 6.04 Å². The van der Waals surface area contributed by atoms with Gasteiger partial charge >= 0.3 is 0 Å². The van der Waals surface area contributed by atoms with Crippen LogP contribution in [0, 0.1) is 0 Å². The Balaban J connectivity index is 3.28. The first-order valence-electron chi connectivity index (χ1n) is 6.39. The zero-order chi connectivity index (χ0) is 11.4. The van der Waals surface area contributed by atoms with Gasteiger partial charge in [-0.25, -0.2) is 0 Å². The van der Waals surface area contributed by atoms with Gasteiger partial charge in [-0.05, 0) is 19.8 Å². The average Bonchev–Trinajstić information content (AvgIpc) is 2.26. The summed E-state index contributed by atoms with van der Waals surface area (Å²) < 4.78 is 5.32. The van der Waals surface area contributed by atoms with Crippen molar-refractivity contribution >= 4 is 0 Å². The molecule has 1 atom stereocenters. The summed E-state index contributed by atoms with van der Waals surface area (Å²) in [6.07, 6.45) is 8.84. The molecule has 92 valence electrons. The van der Waals surface area contributed by atoms with E-state index in [-0.39, 0.29) is 0 Å². The van der Waals surface area contributed by atoms with Crippen molar-refractivity contribution in [1.82, 2.24) is 5.43 Å². The summed E-state index contributed by atoms with van der Waals surface area (Å²) in [6, 6.07) is 0.429. The third-order valence-electron chi connectivity index (χ3n) is 2.71. The van der Waals surface area contributed by atoms with Crippen molar-refractivity contribution in [3.05, 3.63) is 0 Å². The molecule has 0 aromatic rings. The lowest BCUT2D eigenvalue weighted by Gasteiger charge is -2.15. The van der Waals surface area contributed by atoms with Gasteiger partial charge in [0.2, 0.25) is 0 Å². The molecule has 0 bridgehead atoms. The Kier molecular flexibility index (Phi) is 11.9. The maximum absolute atomic E-state index is 5.49. The van der Waals surface area contributed by atoms with Gasteiger partial charge in [0.25, 0.3) is 0 Å². The van der Waals surface area contributed by atoms with Crippen LogP contribution < -0.4 is 11.3 Å². The fraction of sp³-hybridized carbons (Fsp3) is 1.00. The van der Waals surface area contributed by atoms with Crippen molar-refractivity contribution in [2.45, 2.75) is 64.8 Å². The predicted octanol–water partition coefficient (Wildman–Crippen LogP) is 2.61. The van der Waals surface area contributed by atoms with Crippen LogP contribution >= 0.6 is 0 Å². The van der Waals surface area contributed by atoms with Gasteiger partial charge in [-0.2, -0.15) is 0 Å². The van der Waals surface area contributed by atoms with Crippen molar-refractivity contribution in [3.8, 4) is 0 Å². The Bertz CT molecular complexity index is 120. The molecule has 0 saturated carbocycles. The SMILES string of the molecule is CCCCCCCC(CCOCC)NN. The van der Waals surface area contributed by atoms with Crippen molar-refractivity contribution in [3.63, 3.8) is 0 Å². The van der Waals surface area contributed by atoms with Gasteiger partial charge in [0.05, 0.1) is 0 Å². The lowest BCUT2D eigenvalue weighted by atomic mass is 10.0. The minimum atomic E-state index is 0.429. The number of nitrogens with two attached hydrogens (primary N) is 1. The molecule has 0 heterocycles. The Morgan fingerprint density at radius 1 is 1.07 bits per heavy atom. The van der Waals surface area contributed by atoms with Crippen LogP contribution in [0.3, 0.4) is 0 Å². The van der Waals surface area contributed by atoms with Crippen molar-refractivity contribution in [2.24, 2.45) is 5.84 Å². The second-order valence-electron chi connectivity index (χ2n) is 4.05. The number of rotatable bonds is 11. The highest BCUT2D eigenvalue weighted by Gasteiger charge is 2.05. The highest BCUT2D eigenvalue weighted by Crippen LogP contribution is 2.08. The van der Waals surface area contributed by atoms with Crippen LogP contribution in [0.25, 0.3) is 0 Å². The zero-order valence-electron chi connectivity index (χ0n) is 10.4. The van der Waals surface area contributed by atoms with Gasteiger partial charge in [0.15, 0.2) is 0 Å². The second kappa shape index (κ2) is 12.0. The van der Waals surface area contributed by atoms with E-state index in [1.54, 1.807) is 0 Å². The molecule has 0 aromatic carbocycles. The molecular formula is C12H28N2O. The summed E-state index contributed by atoms with van der Waals surface area (Å²) in [6.45, 7) is 5.88. The summed E-state index contributed by atoms with van der Waals surface area (Å²) in [4.78, 5) is 0. The molecule has 15 heavy (non-hydrogen) atoms. The highest BCUT2D eigenvalue weighted by molar-refractivity contribution is 4.63. The van der Waals surface area contributed by atoms with Crippen molar-refractivity contribution in [1.29, 1.82) is 0 Å². The van der Waals surface area contributed by atoms with Gasteiger partial charge in [-0.15, -0.1) is 0 Å². The number of hydrogen-bond acceptors (Lipinski definition) is 3. The monoisotopic (exact) mass is 216 g/mol. The topological polar surface area (TPSA) is 47.3 Å². The first-order valence-corrected chi connectivity index (χ1v) is 6.39. The highest BCUT2D eigenvalue weighted by atomic mass is 16.5. The smallest absolute Gasteiger partial charge is 0.0481 e. The van der Waals surface area contributed by atoms with Crippen molar-refractivity contribution < 1.29 is 4.74 Å². The lowest BCUT2D eigenvalue weighted by Crippen LogP contribution is -2.35. The molecule has 0 radical (unpaired) electrons. The Morgan fingerprint density at radius 3 is 2.40 bits per heavy atom. The van der Waals surface area contributed by atoms with Crippen LogP contribution in [0.4, 0.5) is 0 Å². The maximum Gasteiger partial charge on any atom is 0.0481 e. The number of hydrazine groups is 1. The molecule has 3 heteroatoms. The maximum atomic E-state index is 5.49. The number of hydrogen-bond donors (Lipinski definition) is 2. The Labute approximate surface area is 94.7 Å². The average molecular weight is 216 g/mol. The fourth-order valence-electron chi connectivity index (χ4n) is 1.68. The van der Waals surface area contributed by atoms with E-state index in [1.165, 1.54) is 38.5 Å². The third kappa shape index (κ3) is 10.2. The number of nitrogens with one attached hydrogen (secondary N) is 1. The van der Waals surface area contributed by atoms with Gasteiger partial charge in [-0.3, -0.25) is 11.3 Å². The fourth-order valence-corrected chi connectivity index (χ4v) is 1.68. The van der Waals surface area contributed by atoms with Gasteiger partial charge in [0, 0.05) is 19.3 Å². The van der Waals surface area contributed by atoms with E-state index >= 15 is 0 Å². The Hall–Kier alpha value is -0.120. The van der Waals surface area contributed by atoms with Gasteiger partial charge < -0.3 is 4.74 Å². The number of unbranched alkanes of at least 4 members (excludes halogenated alkanes) is 4. The quantitative estimate of drug-likeness (QED) is 0.317. The van der Waals surface area contributed by atoms with E-state index in [2.05, 4.69) is 12.3 Å². The molecule has 0 aromatic heterocycles. The summed E-state index contributed by atoms with van der Waals surface area (Å²) >= 11 is 0. The summed E-state index contributed by atoms with van der Waals surface area (Å²) in [7, 11) is 0. The van der Waals surface area contributed by atoms with E-state index in [4.69, 9.17) is 10.6 Å². The largest absolute Gasteiger partial charge is 0.382 e. The molecule has 0 rings (SSSR count). The summed E-state index contributed by atoms with van der Waals surface area (Å²) in [5.74, 6) is 5.49. The van der Waals surface area contributed by atoms with E-state index < -0.39 is 0 Å². The van der Waals surface area contributed by atoms with E-state index in [9.17, 15) is 0 Å². The number of ether oxygens (including phenoxy) is 1. The third-order valence-corrected chi connectivity index (χ3v) is 2.71.